The van der Waals surface area contributed by atoms with Gasteiger partial charge < -0.3 is 15.8 Å². The first-order chi connectivity index (χ1) is 9.63. The lowest BCUT2D eigenvalue weighted by atomic mass is 10.0. The summed E-state index contributed by atoms with van der Waals surface area (Å²) in [5.74, 6) is 0.745. The van der Waals surface area contributed by atoms with Gasteiger partial charge >= 0.3 is 0 Å². The number of hydrogen-bond donors (Lipinski definition) is 2. The highest BCUT2D eigenvalue weighted by Gasteiger charge is 2.12. The molecule has 0 bridgehead atoms. The van der Waals surface area contributed by atoms with Gasteiger partial charge in [0.25, 0.3) is 0 Å². The molecule has 20 heavy (non-hydrogen) atoms. The van der Waals surface area contributed by atoms with Crippen LogP contribution >= 0.6 is 0 Å². The predicted octanol–water partition coefficient (Wildman–Crippen LogP) is 2.37. The zero-order valence-electron chi connectivity index (χ0n) is 11.8. The predicted molar refractivity (Wildman–Crippen MR) is 80.7 cm³/mol. The Morgan fingerprint density at radius 3 is 2.75 bits per heavy atom. The van der Waals surface area contributed by atoms with Crippen LogP contribution in [0.25, 0.3) is 10.8 Å². The average Bonchev–Trinajstić information content (AvgIpc) is 2.46. The fourth-order valence-corrected chi connectivity index (χ4v) is 2.15. The minimum atomic E-state index is -0.116. The highest BCUT2D eigenvalue weighted by atomic mass is 16.5. The number of nitrogens with two attached hydrogens (primary N) is 1. The molecule has 0 fully saturated rings. The molecule has 0 spiro atoms. The minimum Gasteiger partial charge on any atom is -0.492 e. The van der Waals surface area contributed by atoms with E-state index in [1.165, 1.54) is 0 Å². The second kappa shape index (κ2) is 6.39. The van der Waals surface area contributed by atoms with Crippen molar-refractivity contribution in [3.8, 4) is 5.75 Å². The Balaban J connectivity index is 2.32. The van der Waals surface area contributed by atoms with E-state index < -0.39 is 0 Å². The van der Waals surface area contributed by atoms with Gasteiger partial charge in [0.1, 0.15) is 5.75 Å². The second-order valence-electron chi connectivity index (χ2n) is 4.77. The molecule has 0 aliphatic heterocycles. The Morgan fingerprint density at radius 2 is 2.05 bits per heavy atom. The molecule has 0 saturated heterocycles. The summed E-state index contributed by atoms with van der Waals surface area (Å²) in [7, 11) is 1.62. The largest absolute Gasteiger partial charge is 0.492 e. The van der Waals surface area contributed by atoms with Crippen LogP contribution in [0.1, 0.15) is 24.9 Å². The molecule has 0 aromatic heterocycles. The molecule has 1 unspecified atom stereocenters. The van der Waals surface area contributed by atoms with E-state index in [2.05, 4.69) is 5.32 Å². The smallest absolute Gasteiger partial charge is 0.223 e. The van der Waals surface area contributed by atoms with Crippen molar-refractivity contribution in [1.82, 2.24) is 5.32 Å². The normalized spacial score (nSPS) is 12.2. The molecular formula is C16H20N2O2. The fourth-order valence-electron chi connectivity index (χ4n) is 2.15. The van der Waals surface area contributed by atoms with Crippen molar-refractivity contribution in [2.24, 2.45) is 5.73 Å². The summed E-state index contributed by atoms with van der Waals surface area (Å²) in [5, 5.41) is 4.71. The number of carbonyl (C=O) groups excluding carboxylic acids is 1. The number of carbonyl (C=O) groups is 1. The van der Waals surface area contributed by atoms with Gasteiger partial charge in [-0.05, 0) is 12.3 Å². The molecule has 4 nitrogen and oxygen atoms in total. The van der Waals surface area contributed by atoms with Gasteiger partial charge in [0.2, 0.25) is 5.91 Å². The summed E-state index contributed by atoms with van der Waals surface area (Å²) in [5.41, 5.74) is 6.96. The van der Waals surface area contributed by atoms with Crippen molar-refractivity contribution < 1.29 is 9.53 Å². The second-order valence-corrected chi connectivity index (χ2v) is 4.77. The number of ether oxygens (including phenoxy) is 1. The molecule has 0 saturated carbocycles. The summed E-state index contributed by atoms with van der Waals surface area (Å²) >= 11 is 0. The quantitative estimate of drug-likeness (QED) is 0.878. The monoisotopic (exact) mass is 272 g/mol. The van der Waals surface area contributed by atoms with Gasteiger partial charge in [0, 0.05) is 24.0 Å². The number of nitrogens with one attached hydrogen (secondary N) is 1. The number of benzene rings is 2. The Morgan fingerprint density at radius 1 is 1.30 bits per heavy atom. The summed E-state index contributed by atoms with van der Waals surface area (Å²) < 4.78 is 5.84. The third-order valence-electron chi connectivity index (χ3n) is 3.25. The number of amides is 1. The van der Waals surface area contributed by atoms with Crippen LogP contribution in [-0.4, -0.2) is 19.6 Å². The van der Waals surface area contributed by atoms with Gasteiger partial charge in [-0.3, -0.25) is 4.79 Å². The van der Waals surface area contributed by atoms with Crippen molar-refractivity contribution in [2.75, 3.05) is 13.7 Å². The van der Waals surface area contributed by atoms with Gasteiger partial charge in [0.15, 0.2) is 0 Å². The number of rotatable bonds is 5. The van der Waals surface area contributed by atoms with E-state index in [4.69, 9.17) is 10.5 Å². The number of hydrogen-bond acceptors (Lipinski definition) is 3. The van der Waals surface area contributed by atoms with Crippen molar-refractivity contribution in [3.05, 3.63) is 42.0 Å². The van der Waals surface area contributed by atoms with Crippen LogP contribution in [0.4, 0.5) is 0 Å². The SMILES string of the molecule is CNC(=O)CCOc1c(C(C)N)ccc2ccccc12. The van der Waals surface area contributed by atoms with Crippen LogP contribution < -0.4 is 15.8 Å². The van der Waals surface area contributed by atoms with E-state index in [9.17, 15) is 4.79 Å². The third-order valence-corrected chi connectivity index (χ3v) is 3.25. The molecule has 106 valence electrons. The van der Waals surface area contributed by atoms with Crippen LogP contribution in [0.3, 0.4) is 0 Å². The van der Waals surface area contributed by atoms with Crippen molar-refractivity contribution in [3.63, 3.8) is 0 Å². The first-order valence-corrected chi connectivity index (χ1v) is 6.74. The van der Waals surface area contributed by atoms with Gasteiger partial charge in [-0.15, -0.1) is 0 Å². The topological polar surface area (TPSA) is 64.3 Å². The average molecular weight is 272 g/mol. The molecule has 2 aromatic carbocycles. The van der Waals surface area contributed by atoms with E-state index in [1.807, 2.05) is 43.3 Å². The standard InChI is InChI=1S/C16H20N2O2/c1-11(17)13-8-7-12-5-3-4-6-14(12)16(13)20-10-9-15(19)18-2/h3-8,11H,9-10,17H2,1-2H3,(H,18,19). The molecule has 0 aliphatic carbocycles. The first kappa shape index (κ1) is 14.3. The van der Waals surface area contributed by atoms with Gasteiger partial charge in [-0.1, -0.05) is 36.4 Å². The highest BCUT2D eigenvalue weighted by Crippen LogP contribution is 2.32. The molecule has 1 atom stereocenters. The van der Waals surface area contributed by atoms with Gasteiger partial charge in [-0.2, -0.15) is 0 Å². The third kappa shape index (κ3) is 3.08. The molecule has 0 heterocycles. The van der Waals surface area contributed by atoms with E-state index in [1.54, 1.807) is 7.05 Å². The van der Waals surface area contributed by atoms with Gasteiger partial charge in [-0.25, -0.2) is 0 Å². The lowest BCUT2D eigenvalue weighted by Gasteiger charge is -2.16. The summed E-state index contributed by atoms with van der Waals surface area (Å²) in [6.07, 6.45) is 0.331. The molecular weight excluding hydrogens is 252 g/mol. The van der Waals surface area contributed by atoms with Crippen LogP contribution in [-0.2, 0) is 4.79 Å². The van der Waals surface area contributed by atoms with Crippen molar-refractivity contribution in [1.29, 1.82) is 0 Å². The minimum absolute atomic E-state index is 0.0346. The van der Waals surface area contributed by atoms with Crippen LogP contribution in [0.15, 0.2) is 36.4 Å². The molecule has 4 heteroatoms. The first-order valence-electron chi connectivity index (χ1n) is 6.74. The van der Waals surface area contributed by atoms with Crippen molar-refractivity contribution in [2.45, 2.75) is 19.4 Å². The van der Waals surface area contributed by atoms with Gasteiger partial charge in [0.05, 0.1) is 13.0 Å². The lowest BCUT2D eigenvalue weighted by molar-refractivity contribution is -0.121. The summed E-state index contributed by atoms with van der Waals surface area (Å²) in [6.45, 7) is 2.27. The summed E-state index contributed by atoms with van der Waals surface area (Å²) in [6, 6.07) is 11.9. The van der Waals surface area contributed by atoms with Crippen molar-refractivity contribution >= 4 is 16.7 Å². The zero-order valence-corrected chi connectivity index (χ0v) is 11.8. The lowest BCUT2D eigenvalue weighted by Crippen LogP contribution is -2.20. The Bertz CT molecular complexity index is 608. The molecule has 3 N–H and O–H groups in total. The zero-order chi connectivity index (χ0) is 14.5. The maximum Gasteiger partial charge on any atom is 0.223 e. The Labute approximate surface area is 118 Å². The number of fused-ring (bicyclic) bond motifs is 1. The van der Waals surface area contributed by atoms with E-state index >= 15 is 0 Å². The maximum absolute atomic E-state index is 11.3. The molecule has 2 rings (SSSR count). The molecule has 0 radical (unpaired) electrons. The molecule has 0 aliphatic rings. The van der Waals surface area contributed by atoms with E-state index in [-0.39, 0.29) is 11.9 Å². The van der Waals surface area contributed by atoms with Crippen LogP contribution in [0, 0.1) is 0 Å². The Kier molecular flexibility index (Phi) is 4.58. The van der Waals surface area contributed by atoms with E-state index in [0.29, 0.717) is 13.0 Å². The molecule has 2 aromatic rings. The summed E-state index contributed by atoms with van der Waals surface area (Å²) in [4.78, 5) is 11.3. The molecule has 1 amide bonds. The van der Waals surface area contributed by atoms with E-state index in [0.717, 1.165) is 22.1 Å². The van der Waals surface area contributed by atoms with Crippen LogP contribution in [0.5, 0.6) is 5.75 Å². The Hall–Kier alpha value is -2.07. The van der Waals surface area contributed by atoms with Crippen LogP contribution in [0.2, 0.25) is 0 Å². The maximum atomic E-state index is 11.3. The highest BCUT2D eigenvalue weighted by molar-refractivity contribution is 5.89. The fraction of sp³-hybridized carbons (Fsp3) is 0.312.